The number of rotatable bonds is 4. The zero-order valence-corrected chi connectivity index (χ0v) is 10.5. The molecule has 0 aliphatic heterocycles. The third kappa shape index (κ3) is 2.96. The molecule has 0 aliphatic rings. The second-order valence-corrected chi connectivity index (χ2v) is 3.97. The summed E-state index contributed by atoms with van der Waals surface area (Å²) in [6.07, 6.45) is 6.05. The van der Waals surface area contributed by atoms with Gasteiger partial charge >= 0.3 is 0 Å². The van der Waals surface area contributed by atoms with Crippen molar-refractivity contribution in [3.05, 3.63) is 42.6 Å². The van der Waals surface area contributed by atoms with Crippen molar-refractivity contribution < 1.29 is 17.0 Å². The van der Waals surface area contributed by atoms with E-state index in [1.165, 1.54) is 30.2 Å². The number of nitrogens with zero attached hydrogens (tertiary/aromatic N) is 1. The van der Waals surface area contributed by atoms with Crippen LogP contribution in [0.1, 0.15) is 26.2 Å². The van der Waals surface area contributed by atoms with E-state index in [-0.39, 0.29) is 12.4 Å². The fourth-order valence-corrected chi connectivity index (χ4v) is 1.95. The molecule has 0 atom stereocenters. The average molecular weight is 236 g/mol. The summed E-state index contributed by atoms with van der Waals surface area (Å²) >= 11 is 0. The van der Waals surface area contributed by atoms with Gasteiger partial charge in [0.2, 0.25) is 5.52 Å². The predicted octanol–water partition coefficient (Wildman–Crippen LogP) is 0.321. The summed E-state index contributed by atoms with van der Waals surface area (Å²) in [5.41, 5.74) is 1.34. The molecule has 1 aromatic carbocycles. The van der Waals surface area contributed by atoms with Crippen LogP contribution in [0.3, 0.4) is 0 Å². The summed E-state index contributed by atoms with van der Waals surface area (Å²) in [5.74, 6) is 0. The van der Waals surface area contributed by atoms with E-state index in [0.717, 1.165) is 6.54 Å². The molecule has 0 spiro atoms. The van der Waals surface area contributed by atoms with E-state index in [2.05, 4.69) is 54.1 Å². The topological polar surface area (TPSA) is 3.88 Å². The SMILES string of the molecule is CCCCC[n+]1cccc2ccccc21.[Cl-]. The second kappa shape index (κ2) is 6.49. The number of aromatic nitrogens is 1. The number of para-hydroxylation sites is 1. The van der Waals surface area contributed by atoms with Crippen LogP contribution in [-0.2, 0) is 6.54 Å². The Bertz CT molecular complexity index is 434. The molecule has 0 saturated heterocycles. The van der Waals surface area contributed by atoms with Crippen molar-refractivity contribution in [2.75, 3.05) is 0 Å². The number of aryl methyl sites for hydroxylation is 1. The van der Waals surface area contributed by atoms with Gasteiger partial charge in [0.05, 0.1) is 0 Å². The molecular formula is C14H18ClN. The Kier molecular flexibility index (Phi) is 5.27. The molecule has 2 rings (SSSR count). The largest absolute Gasteiger partial charge is 1.00 e. The van der Waals surface area contributed by atoms with Crippen LogP contribution in [0.2, 0.25) is 0 Å². The molecule has 16 heavy (non-hydrogen) atoms. The monoisotopic (exact) mass is 235 g/mol. The minimum atomic E-state index is 0. The van der Waals surface area contributed by atoms with Gasteiger partial charge in [0.1, 0.15) is 6.54 Å². The lowest BCUT2D eigenvalue weighted by molar-refractivity contribution is -0.671. The van der Waals surface area contributed by atoms with Crippen LogP contribution in [0.15, 0.2) is 42.6 Å². The predicted molar refractivity (Wildman–Crippen MR) is 63.7 cm³/mol. The van der Waals surface area contributed by atoms with Gasteiger partial charge < -0.3 is 12.4 Å². The Morgan fingerprint density at radius 3 is 2.56 bits per heavy atom. The third-order valence-electron chi connectivity index (χ3n) is 2.79. The van der Waals surface area contributed by atoms with Crippen LogP contribution in [-0.4, -0.2) is 0 Å². The smallest absolute Gasteiger partial charge is 0.212 e. The number of fused-ring (bicyclic) bond motifs is 1. The van der Waals surface area contributed by atoms with Gasteiger partial charge in [-0.1, -0.05) is 25.5 Å². The van der Waals surface area contributed by atoms with Crippen LogP contribution in [0.5, 0.6) is 0 Å². The number of hydrogen-bond donors (Lipinski definition) is 0. The van der Waals surface area contributed by atoms with Crippen molar-refractivity contribution in [3.63, 3.8) is 0 Å². The molecular weight excluding hydrogens is 218 g/mol. The highest BCUT2D eigenvalue weighted by atomic mass is 35.5. The average Bonchev–Trinajstić information content (AvgIpc) is 2.30. The Hall–Kier alpha value is -1.08. The van der Waals surface area contributed by atoms with Gasteiger partial charge in [-0.15, -0.1) is 0 Å². The van der Waals surface area contributed by atoms with Crippen molar-refractivity contribution >= 4 is 10.9 Å². The van der Waals surface area contributed by atoms with Gasteiger partial charge in [-0.2, -0.15) is 4.57 Å². The molecule has 0 N–H and O–H groups in total. The van der Waals surface area contributed by atoms with Gasteiger partial charge in [-0.05, 0) is 18.6 Å². The summed E-state index contributed by atoms with van der Waals surface area (Å²) in [7, 11) is 0. The Balaban J connectivity index is 0.00000128. The van der Waals surface area contributed by atoms with Crippen molar-refractivity contribution in [1.82, 2.24) is 0 Å². The van der Waals surface area contributed by atoms with E-state index in [9.17, 15) is 0 Å². The molecule has 0 saturated carbocycles. The molecule has 86 valence electrons. The maximum atomic E-state index is 2.35. The van der Waals surface area contributed by atoms with Gasteiger partial charge in [0.15, 0.2) is 6.20 Å². The second-order valence-electron chi connectivity index (χ2n) is 3.97. The molecule has 0 fully saturated rings. The molecule has 2 heteroatoms. The number of hydrogen-bond acceptors (Lipinski definition) is 0. The van der Waals surface area contributed by atoms with Crippen LogP contribution >= 0.6 is 0 Å². The molecule has 1 aromatic heterocycles. The van der Waals surface area contributed by atoms with E-state index in [4.69, 9.17) is 0 Å². The van der Waals surface area contributed by atoms with E-state index in [1.807, 2.05) is 0 Å². The minimum absolute atomic E-state index is 0. The Morgan fingerprint density at radius 2 is 1.75 bits per heavy atom. The van der Waals surface area contributed by atoms with Gasteiger partial charge in [-0.25, -0.2) is 0 Å². The maximum Gasteiger partial charge on any atom is 0.212 e. The van der Waals surface area contributed by atoms with E-state index >= 15 is 0 Å². The first-order chi connectivity index (χ1) is 7.42. The highest BCUT2D eigenvalue weighted by Gasteiger charge is 2.05. The summed E-state index contributed by atoms with van der Waals surface area (Å²) in [6.45, 7) is 3.38. The van der Waals surface area contributed by atoms with Crippen molar-refractivity contribution in [3.8, 4) is 0 Å². The number of unbranched alkanes of at least 4 members (excludes halogenated alkanes) is 2. The van der Waals surface area contributed by atoms with Crippen molar-refractivity contribution in [1.29, 1.82) is 0 Å². The molecule has 1 heterocycles. The minimum Gasteiger partial charge on any atom is -1.00 e. The quantitative estimate of drug-likeness (QED) is 0.531. The van der Waals surface area contributed by atoms with Gasteiger partial charge in [0.25, 0.3) is 0 Å². The summed E-state index contributed by atoms with van der Waals surface area (Å²) in [5, 5.41) is 1.33. The van der Waals surface area contributed by atoms with Gasteiger partial charge in [-0.3, -0.25) is 0 Å². The standard InChI is InChI=1S/C14H18N.ClH/c1-2-3-6-11-15-12-7-9-13-8-4-5-10-14(13)15;/h4-5,7-10,12H,2-3,6,11H2,1H3;1H/q+1;/p-1. The highest BCUT2D eigenvalue weighted by molar-refractivity contribution is 5.74. The van der Waals surface area contributed by atoms with Crippen LogP contribution in [0.4, 0.5) is 0 Å². The fourth-order valence-electron chi connectivity index (χ4n) is 1.95. The lowest BCUT2D eigenvalue weighted by atomic mass is 10.2. The molecule has 0 aliphatic carbocycles. The summed E-state index contributed by atoms with van der Waals surface area (Å²) in [6, 6.07) is 12.9. The van der Waals surface area contributed by atoms with Crippen LogP contribution < -0.4 is 17.0 Å². The lowest BCUT2D eigenvalue weighted by Gasteiger charge is -2.00. The zero-order chi connectivity index (χ0) is 10.5. The van der Waals surface area contributed by atoms with E-state index < -0.39 is 0 Å². The number of halogens is 1. The molecule has 0 radical (unpaired) electrons. The number of pyridine rings is 1. The fraction of sp³-hybridized carbons (Fsp3) is 0.357. The Morgan fingerprint density at radius 1 is 1.00 bits per heavy atom. The first kappa shape index (κ1) is 13.0. The first-order valence-corrected chi connectivity index (χ1v) is 5.79. The maximum absolute atomic E-state index is 2.35. The molecule has 2 aromatic rings. The third-order valence-corrected chi connectivity index (χ3v) is 2.79. The van der Waals surface area contributed by atoms with Crippen LogP contribution in [0.25, 0.3) is 10.9 Å². The Labute approximate surface area is 104 Å². The first-order valence-electron chi connectivity index (χ1n) is 5.79. The van der Waals surface area contributed by atoms with Crippen LogP contribution in [0, 0.1) is 0 Å². The summed E-state index contributed by atoms with van der Waals surface area (Å²) in [4.78, 5) is 0. The zero-order valence-electron chi connectivity index (χ0n) is 9.70. The number of benzene rings is 1. The van der Waals surface area contributed by atoms with E-state index in [0.29, 0.717) is 0 Å². The highest BCUT2D eigenvalue weighted by Crippen LogP contribution is 2.08. The normalized spacial score (nSPS) is 10.1. The molecule has 1 nitrogen and oxygen atoms in total. The summed E-state index contributed by atoms with van der Waals surface area (Å²) < 4.78 is 2.35. The van der Waals surface area contributed by atoms with Crippen molar-refractivity contribution in [2.24, 2.45) is 0 Å². The molecule has 0 bridgehead atoms. The molecule has 0 amide bonds. The van der Waals surface area contributed by atoms with Crippen molar-refractivity contribution in [2.45, 2.75) is 32.7 Å². The van der Waals surface area contributed by atoms with Gasteiger partial charge in [0, 0.05) is 23.9 Å². The molecule has 0 unspecified atom stereocenters. The van der Waals surface area contributed by atoms with E-state index in [1.54, 1.807) is 0 Å². The lowest BCUT2D eigenvalue weighted by Crippen LogP contribution is -3.00.